The van der Waals surface area contributed by atoms with Crippen molar-refractivity contribution < 1.29 is 9.59 Å². The van der Waals surface area contributed by atoms with Crippen molar-refractivity contribution in [2.45, 2.75) is 32.6 Å². The van der Waals surface area contributed by atoms with Crippen LogP contribution in [0.5, 0.6) is 0 Å². The maximum Gasteiger partial charge on any atom is 0.222 e. The molecule has 1 aromatic carbocycles. The fourth-order valence-electron chi connectivity index (χ4n) is 2.22. The smallest absolute Gasteiger partial charge is 0.222 e. The number of Topliss-reactive ketones (excluding diaryl/α,β-unsaturated/α-hetero) is 1. The van der Waals surface area contributed by atoms with E-state index in [1.165, 1.54) is 5.56 Å². The Bertz CT molecular complexity index is 436. The molecule has 0 spiro atoms. The minimum absolute atomic E-state index is 0.0351. The van der Waals surface area contributed by atoms with Crippen molar-refractivity contribution in [1.29, 1.82) is 0 Å². The Morgan fingerprint density at radius 3 is 2.56 bits per heavy atom. The summed E-state index contributed by atoms with van der Waals surface area (Å²) in [7, 11) is 0. The third-order valence-corrected chi connectivity index (χ3v) is 3.44. The molecule has 0 saturated carbocycles. The van der Waals surface area contributed by atoms with Crippen LogP contribution in [-0.4, -0.2) is 29.7 Å². The lowest BCUT2D eigenvalue weighted by Crippen LogP contribution is -2.39. The number of carbonyl (C=O) groups excluding carboxylic acids is 2. The summed E-state index contributed by atoms with van der Waals surface area (Å²) < 4.78 is 0. The van der Waals surface area contributed by atoms with Crippen molar-refractivity contribution >= 4 is 11.7 Å². The van der Waals surface area contributed by atoms with Crippen LogP contribution in [-0.2, 0) is 11.2 Å². The summed E-state index contributed by atoms with van der Waals surface area (Å²) in [6, 6.07) is 7.67. The number of rotatable bonds is 4. The number of hydrogen-bond acceptors (Lipinski definition) is 2. The highest BCUT2D eigenvalue weighted by Gasteiger charge is 2.20. The lowest BCUT2D eigenvalue weighted by molar-refractivity contribution is -0.132. The average Bonchev–Trinajstić information content (AvgIpc) is 2.41. The molecule has 3 nitrogen and oxygen atoms in total. The summed E-state index contributed by atoms with van der Waals surface area (Å²) in [6.07, 6.45) is 3.52. The van der Waals surface area contributed by atoms with Gasteiger partial charge in [0.05, 0.1) is 6.54 Å². The Balaban J connectivity index is 2.00. The van der Waals surface area contributed by atoms with E-state index in [2.05, 4.69) is 6.92 Å². The van der Waals surface area contributed by atoms with Gasteiger partial charge in [-0.25, -0.2) is 0 Å². The van der Waals surface area contributed by atoms with Gasteiger partial charge in [0.1, 0.15) is 0 Å². The van der Waals surface area contributed by atoms with Gasteiger partial charge in [0.2, 0.25) is 5.91 Å². The summed E-state index contributed by atoms with van der Waals surface area (Å²) in [6.45, 7) is 3.03. The van der Waals surface area contributed by atoms with Gasteiger partial charge in [0, 0.05) is 18.5 Å². The number of carbonyl (C=O) groups is 2. The van der Waals surface area contributed by atoms with Crippen molar-refractivity contribution in [3.05, 3.63) is 35.4 Å². The van der Waals surface area contributed by atoms with Crippen LogP contribution in [0.4, 0.5) is 0 Å². The number of likely N-dealkylation sites (tertiary alicyclic amines) is 1. The van der Waals surface area contributed by atoms with Crippen LogP contribution in [0.1, 0.15) is 42.1 Å². The Kier molecular flexibility index (Phi) is 4.13. The third-order valence-electron chi connectivity index (χ3n) is 3.44. The lowest BCUT2D eigenvalue weighted by atomic mass is 10.1. The molecule has 0 atom stereocenters. The minimum atomic E-state index is 0.0351. The largest absolute Gasteiger partial charge is 0.335 e. The molecule has 18 heavy (non-hydrogen) atoms. The number of hydrogen-bond donors (Lipinski definition) is 0. The Labute approximate surface area is 108 Å². The number of ketones is 1. The highest BCUT2D eigenvalue weighted by molar-refractivity contribution is 5.99. The Morgan fingerprint density at radius 2 is 1.94 bits per heavy atom. The number of piperidine rings is 1. The second-order valence-electron chi connectivity index (χ2n) is 4.75. The molecule has 1 aliphatic rings. The molecule has 0 aromatic heterocycles. The van der Waals surface area contributed by atoms with Gasteiger partial charge in [-0.2, -0.15) is 0 Å². The van der Waals surface area contributed by atoms with Crippen LogP contribution in [0.2, 0.25) is 0 Å². The van der Waals surface area contributed by atoms with Crippen LogP contribution >= 0.6 is 0 Å². The molecule has 1 saturated heterocycles. The summed E-state index contributed by atoms with van der Waals surface area (Å²) in [5.41, 5.74) is 1.92. The zero-order valence-electron chi connectivity index (χ0n) is 10.8. The summed E-state index contributed by atoms with van der Waals surface area (Å²) in [4.78, 5) is 25.4. The minimum Gasteiger partial charge on any atom is -0.335 e. The molecule has 2 rings (SSSR count). The maximum absolute atomic E-state index is 12.1. The quantitative estimate of drug-likeness (QED) is 0.764. The van der Waals surface area contributed by atoms with Crippen LogP contribution in [0.15, 0.2) is 24.3 Å². The van der Waals surface area contributed by atoms with E-state index < -0.39 is 0 Å². The molecule has 1 aromatic rings. The van der Waals surface area contributed by atoms with E-state index >= 15 is 0 Å². The van der Waals surface area contributed by atoms with Gasteiger partial charge in [-0.1, -0.05) is 31.2 Å². The van der Waals surface area contributed by atoms with Crippen molar-refractivity contribution in [2.75, 3.05) is 13.1 Å². The normalized spacial score (nSPS) is 15.8. The Morgan fingerprint density at radius 1 is 1.22 bits per heavy atom. The highest BCUT2D eigenvalue weighted by atomic mass is 16.2. The van der Waals surface area contributed by atoms with Crippen LogP contribution in [0, 0.1) is 0 Å². The van der Waals surface area contributed by atoms with Crippen molar-refractivity contribution in [3.63, 3.8) is 0 Å². The molecule has 0 aliphatic carbocycles. The van der Waals surface area contributed by atoms with E-state index in [4.69, 9.17) is 0 Å². The molecule has 96 valence electrons. The molecule has 0 bridgehead atoms. The first-order valence-corrected chi connectivity index (χ1v) is 6.60. The van der Waals surface area contributed by atoms with Gasteiger partial charge < -0.3 is 4.90 Å². The van der Waals surface area contributed by atoms with Gasteiger partial charge in [0.25, 0.3) is 0 Å². The summed E-state index contributed by atoms with van der Waals surface area (Å²) in [5.74, 6) is 0.146. The predicted octanol–water partition coefficient (Wildman–Crippen LogP) is 2.44. The lowest BCUT2D eigenvalue weighted by Gasteiger charge is -2.25. The van der Waals surface area contributed by atoms with Crippen molar-refractivity contribution in [1.82, 2.24) is 4.90 Å². The second-order valence-corrected chi connectivity index (χ2v) is 4.75. The van der Waals surface area contributed by atoms with Gasteiger partial charge in [-0.15, -0.1) is 0 Å². The van der Waals surface area contributed by atoms with E-state index in [9.17, 15) is 9.59 Å². The van der Waals surface area contributed by atoms with Crippen molar-refractivity contribution in [3.8, 4) is 0 Å². The standard InChI is InChI=1S/C15H19NO2/c1-2-12-6-8-13(9-7-12)14(17)11-16-10-4-3-5-15(16)18/h6-9H,2-5,10-11H2,1H3. The monoisotopic (exact) mass is 245 g/mol. The van der Waals surface area contributed by atoms with Crippen LogP contribution in [0.25, 0.3) is 0 Å². The maximum atomic E-state index is 12.1. The molecule has 0 unspecified atom stereocenters. The second kappa shape index (κ2) is 5.80. The first-order valence-electron chi connectivity index (χ1n) is 6.60. The first-order chi connectivity index (χ1) is 8.70. The van der Waals surface area contributed by atoms with Crippen LogP contribution in [0.3, 0.4) is 0 Å². The summed E-state index contributed by atoms with van der Waals surface area (Å²) in [5, 5.41) is 0. The molecule has 1 heterocycles. The van der Waals surface area contributed by atoms with Crippen LogP contribution < -0.4 is 0 Å². The molecule has 1 amide bonds. The average molecular weight is 245 g/mol. The number of nitrogens with zero attached hydrogens (tertiary/aromatic N) is 1. The number of amides is 1. The zero-order chi connectivity index (χ0) is 13.0. The molecule has 1 aliphatic heterocycles. The molecule has 0 N–H and O–H groups in total. The van der Waals surface area contributed by atoms with Gasteiger partial charge in [0.15, 0.2) is 5.78 Å². The van der Waals surface area contributed by atoms with Crippen molar-refractivity contribution in [2.24, 2.45) is 0 Å². The molecular weight excluding hydrogens is 226 g/mol. The summed E-state index contributed by atoms with van der Waals surface area (Å²) >= 11 is 0. The highest BCUT2D eigenvalue weighted by Crippen LogP contribution is 2.12. The molecular formula is C15H19NO2. The van der Waals surface area contributed by atoms with E-state index in [-0.39, 0.29) is 18.2 Å². The molecule has 0 radical (unpaired) electrons. The third kappa shape index (κ3) is 2.97. The van der Waals surface area contributed by atoms with Gasteiger partial charge >= 0.3 is 0 Å². The Hall–Kier alpha value is -1.64. The first kappa shape index (κ1) is 12.8. The van der Waals surface area contributed by atoms with E-state index in [0.29, 0.717) is 12.0 Å². The number of benzene rings is 1. The topological polar surface area (TPSA) is 37.4 Å². The fourth-order valence-corrected chi connectivity index (χ4v) is 2.22. The van der Waals surface area contributed by atoms with E-state index in [1.54, 1.807) is 4.90 Å². The molecule has 3 heteroatoms. The SMILES string of the molecule is CCc1ccc(C(=O)CN2CCCCC2=O)cc1. The fraction of sp³-hybridized carbons (Fsp3) is 0.467. The molecule has 1 fully saturated rings. The van der Waals surface area contributed by atoms with Gasteiger partial charge in [-0.3, -0.25) is 9.59 Å². The van der Waals surface area contributed by atoms with E-state index in [1.807, 2.05) is 24.3 Å². The predicted molar refractivity (Wildman–Crippen MR) is 70.6 cm³/mol. The van der Waals surface area contributed by atoms with E-state index in [0.717, 1.165) is 25.8 Å². The number of aryl methyl sites for hydroxylation is 1. The zero-order valence-corrected chi connectivity index (χ0v) is 10.8. The van der Waals surface area contributed by atoms with Gasteiger partial charge in [-0.05, 0) is 24.8 Å².